The minimum atomic E-state index is -3.51. The van der Waals surface area contributed by atoms with Gasteiger partial charge in [-0.25, -0.2) is 13.1 Å². The first-order chi connectivity index (χ1) is 7.96. The summed E-state index contributed by atoms with van der Waals surface area (Å²) < 4.78 is 26.2. The third-order valence-electron chi connectivity index (χ3n) is 1.95. The van der Waals surface area contributed by atoms with Crippen molar-refractivity contribution < 1.29 is 13.3 Å². The summed E-state index contributed by atoms with van der Waals surface area (Å²) in [4.78, 5) is 10.1. The number of halogens is 1. The second-order valence-electron chi connectivity index (χ2n) is 3.23. The van der Waals surface area contributed by atoms with Crippen LogP contribution in [0.3, 0.4) is 0 Å². The second kappa shape index (κ2) is 6.26. The molecule has 0 heterocycles. The molecule has 0 spiro atoms. The zero-order valence-corrected chi connectivity index (χ0v) is 11.8. The molecule has 0 saturated heterocycles. The number of para-hydroxylation sites is 1. The van der Waals surface area contributed by atoms with Crippen LogP contribution in [0.25, 0.3) is 0 Å². The smallest absolute Gasteiger partial charge is 0.258 e. The minimum absolute atomic E-state index is 0.174. The molecule has 6 nitrogen and oxygen atoms in total. The molecule has 0 fully saturated rings. The maximum Gasteiger partial charge on any atom is 0.273 e. The van der Waals surface area contributed by atoms with Gasteiger partial charge in [0.05, 0.1) is 10.7 Å². The van der Waals surface area contributed by atoms with Crippen molar-refractivity contribution in [3.63, 3.8) is 0 Å². The summed E-state index contributed by atoms with van der Waals surface area (Å²) in [6.45, 7) is 0.323. The SMILES string of the molecule is O=[N+]([O-])c1ccccc1CS(=O)(=O)NCCI. The lowest BCUT2D eigenvalue weighted by Gasteiger charge is -2.05. The summed E-state index contributed by atoms with van der Waals surface area (Å²) >= 11 is 2.04. The molecular formula is C9H11IN2O4S. The van der Waals surface area contributed by atoms with E-state index in [1.54, 1.807) is 6.07 Å². The maximum atomic E-state index is 11.6. The number of nitro groups is 1. The van der Waals surface area contributed by atoms with Crippen molar-refractivity contribution in [1.82, 2.24) is 4.72 Å². The molecule has 1 N–H and O–H groups in total. The molecule has 8 heteroatoms. The highest BCUT2D eigenvalue weighted by Gasteiger charge is 2.18. The Labute approximate surface area is 113 Å². The highest BCUT2D eigenvalue weighted by atomic mass is 127. The van der Waals surface area contributed by atoms with E-state index < -0.39 is 14.9 Å². The van der Waals surface area contributed by atoms with E-state index in [1.165, 1.54) is 18.2 Å². The van der Waals surface area contributed by atoms with Crippen LogP contribution in [0.1, 0.15) is 5.56 Å². The average molecular weight is 370 g/mol. The van der Waals surface area contributed by atoms with Gasteiger partial charge in [-0.1, -0.05) is 40.8 Å². The molecule has 1 rings (SSSR count). The number of nitrogens with one attached hydrogen (secondary N) is 1. The third kappa shape index (κ3) is 4.56. The molecule has 0 aliphatic heterocycles. The van der Waals surface area contributed by atoms with E-state index >= 15 is 0 Å². The molecule has 94 valence electrons. The summed E-state index contributed by atoms with van der Waals surface area (Å²) in [6.07, 6.45) is 0. The van der Waals surface area contributed by atoms with E-state index in [0.717, 1.165) is 0 Å². The fourth-order valence-electron chi connectivity index (χ4n) is 1.26. The summed E-state index contributed by atoms with van der Waals surface area (Å²) in [5.74, 6) is -0.374. The summed E-state index contributed by atoms with van der Waals surface area (Å²) in [5.41, 5.74) is 0.0193. The number of benzene rings is 1. The lowest BCUT2D eigenvalue weighted by atomic mass is 10.2. The molecule has 0 aliphatic carbocycles. The van der Waals surface area contributed by atoms with E-state index in [1.807, 2.05) is 22.6 Å². The van der Waals surface area contributed by atoms with E-state index in [4.69, 9.17) is 0 Å². The first-order valence-electron chi connectivity index (χ1n) is 4.72. The highest BCUT2D eigenvalue weighted by Crippen LogP contribution is 2.19. The van der Waals surface area contributed by atoms with Crippen molar-refractivity contribution in [2.75, 3.05) is 11.0 Å². The van der Waals surface area contributed by atoms with Crippen molar-refractivity contribution in [2.24, 2.45) is 0 Å². The van der Waals surface area contributed by atoms with E-state index in [2.05, 4.69) is 4.72 Å². The Balaban J connectivity index is 2.92. The second-order valence-corrected chi connectivity index (χ2v) is 6.11. The standard InChI is InChI=1S/C9H11IN2O4S/c10-5-6-11-17(15,16)7-8-3-1-2-4-9(8)12(13)14/h1-4,11H,5-7H2. The topological polar surface area (TPSA) is 89.3 Å². The monoisotopic (exact) mass is 370 g/mol. The number of alkyl halides is 1. The Hall–Kier alpha value is -0.740. The number of rotatable bonds is 6. The molecule has 0 aromatic heterocycles. The molecular weight excluding hydrogens is 359 g/mol. The molecule has 0 atom stereocenters. The van der Waals surface area contributed by atoms with Crippen LogP contribution in [0.4, 0.5) is 5.69 Å². The largest absolute Gasteiger partial charge is 0.273 e. The number of hydrogen-bond acceptors (Lipinski definition) is 4. The summed E-state index contributed by atoms with van der Waals surface area (Å²) in [7, 11) is -3.51. The lowest BCUT2D eigenvalue weighted by Crippen LogP contribution is -2.27. The van der Waals surface area contributed by atoms with Crippen LogP contribution in [0.2, 0.25) is 0 Å². The Morgan fingerprint density at radius 3 is 2.59 bits per heavy atom. The van der Waals surface area contributed by atoms with Crippen molar-refractivity contribution in [1.29, 1.82) is 0 Å². The first-order valence-corrected chi connectivity index (χ1v) is 7.89. The van der Waals surface area contributed by atoms with Gasteiger partial charge >= 0.3 is 0 Å². The molecule has 1 aromatic rings. The lowest BCUT2D eigenvalue weighted by molar-refractivity contribution is -0.385. The zero-order valence-electron chi connectivity index (χ0n) is 8.80. The van der Waals surface area contributed by atoms with Gasteiger partial charge in [0.25, 0.3) is 5.69 Å². The van der Waals surface area contributed by atoms with Gasteiger partial charge in [0.1, 0.15) is 0 Å². The van der Waals surface area contributed by atoms with E-state index in [9.17, 15) is 18.5 Å². The maximum absolute atomic E-state index is 11.6. The molecule has 0 saturated carbocycles. The number of sulfonamides is 1. The van der Waals surface area contributed by atoms with Crippen LogP contribution in [0.15, 0.2) is 24.3 Å². The molecule has 0 amide bonds. The van der Waals surface area contributed by atoms with Gasteiger partial charge in [-0.3, -0.25) is 10.1 Å². The Morgan fingerprint density at radius 2 is 2.00 bits per heavy atom. The van der Waals surface area contributed by atoms with Crippen molar-refractivity contribution >= 4 is 38.3 Å². The minimum Gasteiger partial charge on any atom is -0.258 e. The van der Waals surface area contributed by atoms with Crippen molar-refractivity contribution in [3.05, 3.63) is 39.9 Å². The fraction of sp³-hybridized carbons (Fsp3) is 0.333. The van der Waals surface area contributed by atoms with Gasteiger partial charge in [-0.05, 0) is 0 Å². The zero-order chi connectivity index (χ0) is 12.9. The molecule has 0 unspecified atom stereocenters. The van der Waals surface area contributed by atoms with E-state index in [0.29, 0.717) is 11.0 Å². The highest BCUT2D eigenvalue weighted by molar-refractivity contribution is 14.1. The van der Waals surface area contributed by atoms with Crippen molar-refractivity contribution in [2.45, 2.75) is 5.75 Å². The Kier molecular flexibility index (Phi) is 5.28. The predicted octanol–water partition coefficient (Wildman–Crippen LogP) is 1.45. The van der Waals surface area contributed by atoms with Gasteiger partial charge in [0.15, 0.2) is 0 Å². The predicted molar refractivity (Wildman–Crippen MR) is 72.6 cm³/mol. The Morgan fingerprint density at radius 1 is 1.35 bits per heavy atom. The van der Waals surface area contributed by atoms with Crippen LogP contribution >= 0.6 is 22.6 Å². The summed E-state index contributed by atoms with van der Waals surface area (Å²) in [6, 6.07) is 5.83. The number of hydrogen-bond donors (Lipinski definition) is 1. The fourth-order valence-corrected chi connectivity index (χ4v) is 3.07. The van der Waals surface area contributed by atoms with Gasteiger partial charge in [-0.2, -0.15) is 0 Å². The molecule has 17 heavy (non-hydrogen) atoms. The van der Waals surface area contributed by atoms with Crippen LogP contribution in [-0.2, 0) is 15.8 Å². The quantitative estimate of drug-likeness (QED) is 0.355. The van der Waals surface area contributed by atoms with Crippen LogP contribution in [0.5, 0.6) is 0 Å². The molecule has 0 radical (unpaired) electrons. The Bertz CT molecular complexity index is 503. The molecule has 1 aromatic carbocycles. The molecule has 0 aliphatic rings. The van der Waals surface area contributed by atoms with Gasteiger partial charge in [0.2, 0.25) is 10.0 Å². The van der Waals surface area contributed by atoms with Crippen LogP contribution in [0, 0.1) is 10.1 Å². The number of nitro benzene ring substituents is 1. The van der Waals surface area contributed by atoms with Gasteiger partial charge < -0.3 is 0 Å². The van der Waals surface area contributed by atoms with E-state index in [-0.39, 0.29) is 17.0 Å². The molecule has 0 bridgehead atoms. The number of nitrogens with zero attached hydrogens (tertiary/aromatic N) is 1. The summed E-state index contributed by atoms with van der Waals surface area (Å²) in [5, 5.41) is 10.7. The first kappa shape index (κ1) is 14.3. The van der Waals surface area contributed by atoms with Crippen LogP contribution in [-0.4, -0.2) is 24.3 Å². The third-order valence-corrected chi connectivity index (χ3v) is 3.82. The van der Waals surface area contributed by atoms with Gasteiger partial charge in [-0.15, -0.1) is 0 Å². The van der Waals surface area contributed by atoms with Gasteiger partial charge in [0, 0.05) is 22.6 Å². The average Bonchev–Trinajstić information content (AvgIpc) is 2.26. The normalized spacial score (nSPS) is 11.4. The van der Waals surface area contributed by atoms with Crippen molar-refractivity contribution in [3.8, 4) is 0 Å². The van der Waals surface area contributed by atoms with Crippen LogP contribution < -0.4 is 4.72 Å².